The minimum atomic E-state index is -0.893. The zero-order valence-corrected chi connectivity index (χ0v) is 18.7. The van der Waals surface area contributed by atoms with Crippen LogP contribution in [0.25, 0.3) is 5.76 Å². The van der Waals surface area contributed by atoms with Gasteiger partial charge in [0.05, 0.1) is 29.8 Å². The van der Waals surface area contributed by atoms with Gasteiger partial charge in [-0.1, -0.05) is 29.8 Å². The van der Waals surface area contributed by atoms with E-state index in [1.807, 2.05) is 24.4 Å². The molecule has 1 aromatic heterocycles. The van der Waals surface area contributed by atoms with E-state index in [9.17, 15) is 19.8 Å². The van der Waals surface area contributed by atoms with Crippen LogP contribution in [0.5, 0.6) is 11.5 Å². The highest BCUT2D eigenvalue weighted by molar-refractivity contribution is 7.09. The lowest BCUT2D eigenvalue weighted by Crippen LogP contribution is -2.28. The summed E-state index contributed by atoms with van der Waals surface area (Å²) in [5.41, 5.74) is 0.601. The highest BCUT2D eigenvalue weighted by Crippen LogP contribution is 2.42. The Labute approximate surface area is 193 Å². The van der Waals surface area contributed by atoms with Gasteiger partial charge in [0.25, 0.3) is 11.7 Å². The first-order valence-electron chi connectivity index (χ1n) is 9.93. The quantitative estimate of drug-likeness (QED) is 0.297. The standard InChI is InChI=1S/C24H20ClNO5S/c1-2-31-16-8-9-19(25)18(12-16)22(28)20-21(14-5-3-6-15(27)11-14)26(24(30)23(20)29)13-17-7-4-10-32-17/h3-12,21,27-28H,2,13H2,1H3/b22-20+. The van der Waals surface area contributed by atoms with E-state index in [2.05, 4.69) is 0 Å². The molecule has 2 N–H and O–H groups in total. The second kappa shape index (κ2) is 9.06. The van der Waals surface area contributed by atoms with E-state index in [1.165, 1.54) is 34.4 Å². The molecule has 1 amide bonds. The van der Waals surface area contributed by atoms with Crippen molar-refractivity contribution >= 4 is 40.4 Å². The van der Waals surface area contributed by atoms with Crippen LogP contribution in [0.1, 0.15) is 29.0 Å². The number of aliphatic hydroxyl groups excluding tert-OH is 1. The lowest BCUT2D eigenvalue weighted by molar-refractivity contribution is -0.140. The molecule has 2 heterocycles. The number of ether oxygens (including phenoxy) is 1. The maximum absolute atomic E-state index is 13.1. The van der Waals surface area contributed by atoms with Gasteiger partial charge in [-0.2, -0.15) is 0 Å². The number of likely N-dealkylation sites (tertiary alicyclic amines) is 1. The molecule has 164 valence electrons. The Balaban J connectivity index is 1.89. The number of ketones is 1. The third kappa shape index (κ3) is 4.09. The number of hydrogen-bond donors (Lipinski definition) is 2. The first kappa shape index (κ1) is 21.9. The minimum absolute atomic E-state index is 0.0133. The number of phenolic OH excluding ortho intramolecular Hbond substituents is 1. The van der Waals surface area contributed by atoms with E-state index in [-0.39, 0.29) is 28.5 Å². The third-order valence-electron chi connectivity index (χ3n) is 5.14. The van der Waals surface area contributed by atoms with E-state index in [0.717, 1.165) is 4.88 Å². The predicted molar refractivity (Wildman–Crippen MR) is 123 cm³/mol. The van der Waals surface area contributed by atoms with Crippen LogP contribution in [0.15, 0.2) is 65.6 Å². The average molecular weight is 470 g/mol. The minimum Gasteiger partial charge on any atom is -0.508 e. The van der Waals surface area contributed by atoms with Crippen LogP contribution in [0.3, 0.4) is 0 Å². The molecule has 1 atom stereocenters. The van der Waals surface area contributed by atoms with Crippen molar-refractivity contribution in [3.8, 4) is 11.5 Å². The number of Topliss-reactive ketones (excluding diaryl/α,β-unsaturated/α-hetero) is 1. The Kier molecular flexibility index (Phi) is 6.21. The number of hydrogen-bond acceptors (Lipinski definition) is 6. The summed E-state index contributed by atoms with van der Waals surface area (Å²) in [6.07, 6.45) is 0. The summed E-state index contributed by atoms with van der Waals surface area (Å²) in [5.74, 6) is -1.48. The lowest BCUT2D eigenvalue weighted by atomic mass is 9.95. The van der Waals surface area contributed by atoms with Crippen molar-refractivity contribution in [3.05, 3.63) is 86.6 Å². The number of phenols is 1. The molecular formula is C24H20ClNO5S. The van der Waals surface area contributed by atoms with E-state index in [1.54, 1.807) is 24.3 Å². The zero-order valence-electron chi connectivity index (χ0n) is 17.1. The summed E-state index contributed by atoms with van der Waals surface area (Å²) < 4.78 is 5.49. The van der Waals surface area contributed by atoms with Crippen LogP contribution in [-0.4, -0.2) is 33.4 Å². The molecule has 6 nitrogen and oxygen atoms in total. The van der Waals surface area contributed by atoms with Crippen molar-refractivity contribution in [1.29, 1.82) is 0 Å². The normalized spacial score (nSPS) is 17.7. The van der Waals surface area contributed by atoms with Crippen molar-refractivity contribution in [3.63, 3.8) is 0 Å². The number of carbonyl (C=O) groups excluding carboxylic acids is 2. The molecule has 1 saturated heterocycles. The molecule has 0 spiro atoms. The van der Waals surface area contributed by atoms with Gasteiger partial charge >= 0.3 is 0 Å². The fraction of sp³-hybridized carbons (Fsp3) is 0.167. The van der Waals surface area contributed by atoms with E-state index < -0.39 is 23.5 Å². The van der Waals surface area contributed by atoms with Crippen molar-refractivity contribution in [2.45, 2.75) is 19.5 Å². The van der Waals surface area contributed by atoms with Gasteiger partial charge in [-0.15, -0.1) is 11.3 Å². The number of carbonyl (C=O) groups is 2. The molecule has 2 aromatic carbocycles. The Morgan fingerprint density at radius 2 is 1.97 bits per heavy atom. The summed E-state index contributed by atoms with van der Waals surface area (Å²) in [4.78, 5) is 28.4. The van der Waals surface area contributed by atoms with E-state index >= 15 is 0 Å². The molecular weight excluding hydrogens is 450 g/mol. The molecule has 1 fully saturated rings. The van der Waals surface area contributed by atoms with Crippen LogP contribution in [0.2, 0.25) is 5.02 Å². The van der Waals surface area contributed by atoms with Gasteiger partial charge in [-0.25, -0.2) is 0 Å². The number of nitrogens with zero attached hydrogens (tertiary/aromatic N) is 1. The Hall–Kier alpha value is -3.29. The molecule has 32 heavy (non-hydrogen) atoms. The molecule has 1 aliphatic rings. The number of benzene rings is 2. The number of aromatic hydroxyl groups is 1. The van der Waals surface area contributed by atoms with Gasteiger partial charge in [0.2, 0.25) is 0 Å². The molecule has 0 saturated carbocycles. The van der Waals surface area contributed by atoms with Crippen molar-refractivity contribution in [2.75, 3.05) is 6.61 Å². The smallest absolute Gasteiger partial charge is 0.295 e. The highest BCUT2D eigenvalue weighted by Gasteiger charge is 2.46. The summed E-state index contributed by atoms with van der Waals surface area (Å²) in [6.45, 7) is 2.43. The predicted octanol–water partition coefficient (Wildman–Crippen LogP) is 5.13. The molecule has 1 aliphatic heterocycles. The number of rotatable bonds is 6. The molecule has 0 bridgehead atoms. The molecule has 0 radical (unpaired) electrons. The SMILES string of the molecule is CCOc1ccc(Cl)c(/C(O)=C2\C(=O)C(=O)N(Cc3cccs3)C2c2cccc(O)c2)c1. The maximum atomic E-state index is 13.1. The monoisotopic (exact) mass is 469 g/mol. The van der Waals surface area contributed by atoms with Gasteiger partial charge < -0.3 is 19.8 Å². The van der Waals surface area contributed by atoms with Crippen molar-refractivity contribution in [1.82, 2.24) is 4.90 Å². The molecule has 1 unspecified atom stereocenters. The average Bonchev–Trinajstić information content (AvgIpc) is 3.37. The topological polar surface area (TPSA) is 87.1 Å². The first-order valence-corrected chi connectivity index (χ1v) is 11.2. The molecule has 8 heteroatoms. The van der Waals surface area contributed by atoms with Gasteiger partial charge in [-0.05, 0) is 54.3 Å². The summed E-state index contributed by atoms with van der Waals surface area (Å²) in [7, 11) is 0. The second-order valence-corrected chi connectivity index (χ2v) is 8.62. The molecule has 3 aromatic rings. The Morgan fingerprint density at radius 3 is 2.66 bits per heavy atom. The molecule has 0 aliphatic carbocycles. The van der Waals surface area contributed by atoms with E-state index in [4.69, 9.17) is 16.3 Å². The Bertz CT molecular complexity index is 1200. The third-order valence-corrected chi connectivity index (χ3v) is 6.33. The summed E-state index contributed by atoms with van der Waals surface area (Å²) in [5, 5.41) is 23.3. The van der Waals surface area contributed by atoms with Crippen LogP contribution < -0.4 is 4.74 Å². The Morgan fingerprint density at radius 1 is 1.16 bits per heavy atom. The number of amides is 1. The van der Waals surface area contributed by atoms with Gasteiger partial charge in [0, 0.05) is 10.4 Å². The highest BCUT2D eigenvalue weighted by atomic mass is 35.5. The van der Waals surface area contributed by atoms with Gasteiger partial charge in [0.15, 0.2) is 0 Å². The summed E-state index contributed by atoms with van der Waals surface area (Å²) >= 11 is 7.78. The van der Waals surface area contributed by atoms with Crippen LogP contribution in [0, 0.1) is 0 Å². The summed E-state index contributed by atoms with van der Waals surface area (Å²) in [6, 6.07) is 13.9. The van der Waals surface area contributed by atoms with E-state index in [0.29, 0.717) is 17.9 Å². The second-order valence-electron chi connectivity index (χ2n) is 7.18. The zero-order chi connectivity index (χ0) is 22.8. The van der Waals surface area contributed by atoms with Crippen LogP contribution in [-0.2, 0) is 16.1 Å². The number of thiophene rings is 1. The van der Waals surface area contributed by atoms with Crippen molar-refractivity contribution < 1.29 is 24.5 Å². The van der Waals surface area contributed by atoms with Crippen LogP contribution >= 0.6 is 22.9 Å². The lowest BCUT2D eigenvalue weighted by Gasteiger charge is -2.25. The van der Waals surface area contributed by atoms with Crippen molar-refractivity contribution in [2.24, 2.45) is 0 Å². The maximum Gasteiger partial charge on any atom is 0.295 e. The number of halogens is 1. The van der Waals surface area contributed by atoms with Gasteiger partial charge in [0.1, 0.15) is 17.3 Å². The fourth-order valence-electron chi connectivity index (χ4n) is 3.74. The molecule has 4 rings (SSSR count). The number of aliphatic hydroxyl groups is 1. The van der Waals surface area contributed by atoms with Gasteiger partial charge in [-0.3, -0.25) is 9.59 Å². The van der Waals surface area contributed by atoms with Crippen LogP contribution in [0.4, 0.5) is 0 Å². The largest absolute Gasteiger partial charge is 0.508 e. The fourth-order valence-corrected chi connectivity index (χ4v) is 4.65. The first-order chi connectivity index (χ1) is 15.4.